The zero-order valence-electron chi connectivity index (χ0n) is 20.1. The van der Waals surface area contributed by atoms with E-state index in [0.29, 0.717) is 22.7 Å². The Morgan fingerprint density at radius 3 is 2.34 bits per heavy atom. The van der Waals surface area contributed by atoms with Crippen LogP contribution in [0.4, 0.5) is 11.4 Å². The van der Waals surface area contributed by atoms with E-state index in [1.807, 2.05) is 26.8 Å². The van der Waals surface area contributed by atoms with Gasteiger partial charge in [0.25, 0.3) is 15.9 Å². The third-order valence-electron chi connectivity index (χ3n) is 5.85. The van der Waals surface area contributed by atoms with E-state index in [1.54, 1.807) is 54.6 Å². The van der Waals surface area contributed by atoms with Gasteiger partial charge < -0.3 is 10.1 Å². The summed E-state index contributed by atoms with van der Waals surface area (Å²) in [5, 5.41) is 2.75. The summed E-state index contributed by atoms with van der Waals surface area (Å²) in [6, 6.07) is 20.1. The number of ketones is 1. The van der Waals surface area contributed by atoms with Crippen molar-refractivity contribution in [2.24, 2.45) is 0 Å². The molecule has 0 saturated carbocycles. The molecule has 1 heterocycles. The topological polar surface area (TPSA) is 92.8 Å². The van der Waals surface area contributed by atoms with Crippen molar-refractivity contribution in [2.75, 3.05) is 16.2 Å². The number of amides is 1. The number of benzene rings is 3. The fourth-order valence-electron chi connectivity index (χ4n) is 3.84. The van der Waals surface area contributed by atoms with Gasteiger partial charge in [-0.2, -0.15) is 0 Å². The molecule has 1 aliphatic rings. The Hall–Kier alpha value is -3.65. The van der Waals surface area contributed by atoms with Crippen molar-refractivity contribution < 1.29 is 22.7 Å². The van der Waals surface area contributed by atoms with Crippen molar-refractivity contribution in [2.45, 2.75) is 44.1 Å². The number of sulfonamides is 1. The summed E-state index contributed by atoms with van der Waals surface area (Å²) < 4.78 is 34.5. The molecule has 0 unspecified atom stereocenters. The highest BCUT2D eigenvalue weighted by Gasteiger charge is 2.38. The molecule has 0 fully saturated rings. The van der Waals surface area contributed by atoms with Crippen molar-refractivity contribution in [3.8, 4) is 5.75 Å². The lowest BCUT2D eigenvalue weighted by molar-refractivity contribution is -0.122. The number of fused-ring (bicyclic) bond motifs is 1. The van der Waals surface area contributed by atoms with E-state index < -0.39 is 22.0 Å². The lowest BCUT2D eigenvalue weighted by Gasteiger charge is -2.36. The molecule has 0 aliphatic carbocycles. The third-order valence-corrected chi connectivity index (χ3v) is 7.65. The molecule has 1 amide bonds. The van der Waals surface area contributed by atoms with Crippen LogP contribution in [-0.2, 0) is 20.2 Å². The maximum absolute atomic E-state index is 13.7. The number of ether oxygens (including phenoxy) is 1. The van der Waals surface area contributed by atoms with Gasteiger partial charge in [-0.05, 0) is 54.3 Å². The van der Waals surface area contributed by atoms with Gasteiger partial charge in [-0.15, -0.1) is 0 Å². The third kappa shape index (κ3) is 5.07. The number of nitrogens with one attached hydrogen (secondary N) is 1. The number of rotatable bonds is 5. The lowest BCUT2D eigenvalue weighted by Crippen LogP contribution is -2.49. The van der Waals surface area contributed by atoms with Crippen LogP contribution >= 0.6 is 0 Å². The SMILES string of the molecule is CC(=O)c1cccc(NC(=O)[C@H]2CN(S(=O)(=O)c3ccccc3)c3cc(C(C)(C)C)ccc3O2)c1. The molecule has 8 heteroatoms. The predicted molar refractivity (Wildman–Crippen MR) is 136 cm³/mol. The molecule has 182 valence electrons. The number of hydrogen-bond acceptors (Lipinski definition) is 5. The Bertz CT molecular complexity index is 1380. The van der Waals surface area contributed by atoms with E-state index in [0.717, 1.165) is 5.56 Å². The molecular formula is C27H28N2O5S. The Morgan fingerprint density at radius 2 is 1.69 bits per heavy atom. The van der Waals surface area contributed by atoms with Crippen LogP contribution in [0.3, 0.4) is 0 Å². The first-order valence-electron chi connectivity index (χ1n) is 11.3. The van der Waals surface area contributed by atoms with Gasteiger partial charge in [0.15, 0.2) is 11.9 Å². The first-order valence-corrected chi connectivity index (χ1v) is 12.7. The van der Waals surface area contributed by atoms with Gasteiger partial charge in [0, 0.05) is 11.3 Å². The molecule has 1 atom stereocenters. The molecule has 3 aromatic rings. The number of hydrogen-bond donors (Lipinski definition) is 1. The minimum Gasteiger partial charge on any atom is -0.476 e. The molecular weight excluding hydrogens is 464 g/mol. The highest BCUT2D eigenvalue weighted by molar-refractivity contribution is 7.92. The average Bonchev–Trinajstić information content (AvgIpc) is 2.83. The smallest absolute Gasteiger partial charge is 0.267 e. The number of Topliss-reactive ketones (excluding diaryl/α,β-unsaturated/α-hetero) is 1. The molecule has 0 bridgehead atoms. The summed E-state index contributed by atoms with van der Waals surface area (Å²) >= 11 is 0. The van der Waals surface area contributed by atoms with Crippen molar-refractivity contribution in [3.05, 3.63) is 83.9 Å². The number of carbonyl (C=O) groups excluding carboxylic acids is 2. The van der Waals surface area contributed by atoms with Crippen LogP contribution in [0, 0.1) is 0 Å². The predicted octanol–water partition coefficient (Wildman–Crippen LogP) is 4.78. The Kier molecular flexibility index (Phi) is 6.42. The number of anilines is 2. The maximum Gasteiger partial charge on any atom is 0.267 e. The molecule has 0 aromatic heterocycles. The minimum atomic E-state index is -3.97. The molecule has 0 spiro atoms. The molecule has 0 saturated heterocycles. The summed E-state index contributed by atoms with van der Waals surface area (Å²) in [5.74, 6) is -0.329. The summed E-state index contributed by atoms with van der Waals surface area (Å²) in [6.07, 6.45) is -1.09. The second kappa shape index (κ2) is 9.19. The highest BCUT2D eigenvalue weighted by atomic mass is 32.2. The van der Waals surface area contributed by atoms with Gasteiger partial charge in [0.2, 0.25) is 0 Å². The van der Waals surface area contributed by atoms with E-state index in [9.17, 15) is 18.0 Å². The lowest BCUT2D eigenvalue weighted by atomic mass is 9.86. The first-order chi connectivity index (χ1) is 16.5. The molecule has 1 aliphatic heterocycles. The zero-order valence-corrected chi connectivity index (χ0v) is 20.9. The Labute approximate surface area is 205 Å². The van der Waals surface area contributed by atoms with Gasteiger partial charge in [0.05, 0.1) is 17.1 Å². The summed E-state index contributed by atoms with van der Waals surface area (Å²) in [4.78, 5) is 25.0. The van der Waals surface area contributed by atoms with E-state index in [4.69, 9.17) is 4.74 Å². The summed E-state index contributed by atoms with van der Waals surface area (Å²) in [7, 11) is -3.97. The Morgan fingerprint density at radius 1 is 0.971 bits per heavy atom. The maximum atomic E-state index is 13.7. The van der Waals surface area contributed by atoms with Crippen LogP contribution in [0.1, 0.15) is 43.6 Å². The van der Waals surface area contributed by atoms with E-state index in [-0.39, 0.29) is 22.6 Å². The minimum absolute atomic E-state index is 0.126. The van der Waals surface area contributed by atoms with Crippen LogP contribution in [0.5, 0.6) is 5.75 Å². The second-order valence-corrected chi connectivity index (χ2v) is 11.4. The standard InChI is InChI=1S/C27H28N2O5S/c1-18(30)19-9-8-10-21(15-19)28-26(31)25-17-29(35(32,33)22-11-6-5-7-12-22)23-16-20(27(2,3)4)13-14-24(23)34-25/h5-16,25H,17H2,1-4H3,(H,28,31)/t25-/m1/s1. The molecule has 35 heavy (non-hydrogen) atoms. The molecule has 0 radical (unpaired) electrons. The largest absolute Gasteiger partial charge is 0.476 e. The van der Waals surface area contributed by atoms with Crippen LogP contribution in [0.2, 0.25) is 0 Å². The number of nitrogens with zero attached hydrogens (tertiary/aromatic N) is 1. The second-order valence-electron chi connectivity index (χ2n) is 9.51. The zero-order chi connectivity index (χ0) is 25.4. The van der Waals surface area contributed by atoms with Gasteiger partial charge in [-0.3, -0.25) is 13.9 Å². The monoisotopic (exact) mass is 492 g/mol. The van der Waals surface area contributed by atoms with Gasteiger partial charge in [-0.25, -0.2) is 8.42 Å². The fraction of sp³-hybridized carbons (Fsp3) is 0.259. The highest BCUT2D eigenvalue weighted by Crippen LogP contribution is 2.40. The number of carbonyl (C=O) groups is 2. The summed E-state index contributed by atoms with van der Waals surface area (Å²) in [6.45, 7) is 7.37. The van der Waals surface area contributed by atoms with E-state index in [2.05, 4.69) is 5.32 Å². The van der Waals surface area contributed by atoms with E-state index >= 15 is 0 Å². The van der Waals surface area contributed by atoms with Gasteiger partial charge in [-0.1, -0.05) is 57.2 Å². The van der Waals surface area contributed by atoms with Crippen molar-refractivity contribution in [1.29, 1.82) is 0 Å². The van der Waals surface area contributed by atoms with E-state index in [1.165, 1.54) is 23.4 Å². The quantitative estimate of drug-likeness (QED) is 0.518. The van der Waals surface area contributed by atoms with Gasteiger partial charge >= 0.3 is 0 Å². The molecule has 3 aromatic carbocycles. The van der Waals surface area contributed by atoms with Crippen molar-refractivity contribution in [3.63, 3.8) is 0 Å². The first kappa shape index (κ1) is 24.5. The molecule has 1 N–H and O–H groups in total. The van der Waals surface area contributed by atoms with Crippen molar-refractivity contribution >= 4 is 33.1 Å². The molecule has 7 nitrogen and oxygen atoms in total. The van der Waals surface area contributed by atoms with Crippen LogP contribution in [-0.4, -0.2) is 32.8 Å². The van der Waals surface area contributed by atoms with Crippen molar-refractivity contribution in [1.82, 2.24) is 0 Å². The average molecular weight is 493 g/mol. The Balaban J connectivity index is 1.72. The fourth-order valence-corrected chi connectivity index (χ4v) is 5.33. The van der Waals surface area contributed by atoms with Crippen LogP contribution < -0.4 is 14.4 Å². The van der Waals surface area contributed by atoms with Crippen LogP contribution in [0.25, 0.3) is 0 Å². The normalized spacial score (nSPS) is 15.7. The van der Waals surface area contributed by atoms with Crippen LogP contribution in [0.15, 0.2) is 77.7 Å². The van der Waals surface area contributed by atoms with Gasteiger partial charge in [0.1, 0.15) is 5.75 Å². The molecule has 4 rings (SSSR count). The summed E-state index contributed by atoms with van der Waals surface area (Å²) in [5.41, 5.74) is 2.01.